The fraction of sp³-hybridized carbons (Fsp3) is 0.111. The van der Waals surface area contributed by atoms with Crippen molar-refractivity contribution in [2.24, 2.45) is 0 Å². The molecule has 10 aromatic rings. The molecule has 0 spiro atoms. The summed E-state index contributed by atoms with van der Waals surface area (Å²) in [5.41, 5.74) is 17.2. The van der Waals surface area contributed by atoms with E-state index >= 15 is 0 Å². The second-order valence-electron chi connectivity index (χ2n) is 16.2. The molecule has 58 heavy (non-hydrogen) atoms. The van der Waals surface area contributed by atoms with Gasteiger partial charge in [-0.3, -0.25) is 0 Å². The van der Waals surface area contributed by atoms with Crippen molar-refractivity contribution in [2.45, 2.75) is 39.5 Å². The van der Waals surface area contributed by atoms with Gasteiger partial charge in [0.05, 0.1) is 22.4 Å². The van der Waals surface area contributed by atoms with Crippen molar-refractivity contribution in [3.05, 3.63) is 168 Å². The van der Waals surface area contributed by atoms with Gasteiger partial charge < -0.3 is 9.97 Å². The summed E-state index contributed by atoms with van der Waals surface area (Å²) >= 11 is 0. The number of aromatic nitrogens is 4. The Balaban J connectivity index is 1.46. The zero-order valence-corrected chi connectivity index (χ0v) is 33.1. The topological polar surface area (TPSA) is 57.4 Å². The molecular weight excluding hydrogens is 705 g/mol. The van der Waals surface area contributed by atoms with Crippen molar-refractivity contribution in [1.29, 1.82) is 0 Å². The molecule has 0 fully saturated rings. The molecule has 1 aliphatic heterocycles. The summed E-state index contributed by atoms with van der Waals surface area (Å²) < 4.78 is 0. The van der Waals surface area contributed by atoms with Crippen LogP contribution in [0.1, 0.15) is 62.0 Å². The number of hydrogen-bond donors (Lipinski definition) is 2. The van der Waals surface area contributed by atoms with Crippen molar-refractivity contribution in [1.82, 2.24) is 19.9 Å². The highest BCUT2D eigenvalue weighted by Crippen LogP contribution is 2.48. The molecule has 0 saturated carbocycles. The zero-order valence-electron chi connectivity index (χ0n) is 33.1. The molecule has 4 aromatic heterocycles. The zero-order chi connectivity index (χ0) is 39.1. The molecule has 4 nitrogen and oxygen atoms in total. The molecule has 0 amide bonds. The van der Waals surface area contributed by atoms with Crippen LogP contribution in [-0.4, -0.2) is 19.9 Å². The Morgan fingerprint density at radius 2 is 0.862 bits per heavy atom. The molecule has 4 heteroatoms. The number of nitrogens with zero attached hydrogens (tertiary/aromatic N) is 2. The van der Waals surface area contributed by atoms with Crippen LogP contribution in [0.25, 0.3) is 111 Å². The van der Waals surface area contributed by atoms with E-state index in [1.807, 2.05) is 0 Å². The normalized spacial score (nSPS) is 12.4. The second kappa shape index (κ2) is 13.3. The van der Waals surface area contributed by atoms with Crippen molar-refractivity contribution >= 4 is 77.6 Å². The third-order valence-electron chi connectivity index (χ3n) is 12.0. The van der Waals surface area contributed by atoms with Gasteiger partial charge in [-0.15, -0.1) is 0 Å². The summed E-state index contributed by atoms with van der Waals surface area (Å²) in [5.74, 6) is 0.639. The molecule has 1 aliphatic rings. The molecule has 11 rings (SSSR count). The molecule has 0 saturated heterocycles. The Morgan fingerprint density at radius 1 is 0.397 bits per heavy atom. The van der Waals surface area contributed by atoms with Crippen LogP contribution in [0.15, 0.2) is 146 Å². The predicted octanol–water partition coefficient (Wildman–Crippen LogP) is 14.9. The van der Waals surface area contributed by atoms with E-state index in [0.29, 0.717) is 11.8 Å². The number of fused-ring (bicyclic) bond motifs is 12. The number of aromatic amines is 2. The maximum Gasteiger partial charge on any atom is 0.0822 e. The Kier molecular flexibility index (Phi) is 7.84. The number of hydrogen-bond acceptors (Lipinski definition) is 2. The minimum atomic E-state index is 0.316. The van der Waals surface area contributed by atoms with Crippen molar-refractivity contribution < 1.29 is 0 Å². The Hall–Kier alpha value is -7.04. The van der Waals surface area contributed by atoms with Gasteiger partial charge in [-0.25, -0.2) is 9.97 Å². The van der Waals surface area contributed by atoms with Gasteiger partial charge in [-0.05, 0) is 98.3 Å². The van der Waals surface area contributed by atoms with E-state index < -0.39 is 0 Å². The predicted molar refractivity (Wildman–Crippen MR) is 247 cm³/mol. The van der Waals surface area contributed by atoms with E-state index in [1.54, 1.807) is 0 Å². The summed E-state index contributed by atoms with van der Waals surface area (Å²) in [4.78, 5) is 19.2. The highest BCUT2D eigenvalue weighted by molar-refractivity contribution is 6.36. The maximum absolute atomic E-state index is 5.86. The lowest BCUT2D eigenvalue weighted by Crippen LogP contribution is -2.01. The van der Waals surface area contributed by atoms with Gasteiger partial charge in [0, 0.05) is 54.9 Å². The number of rotatable bonds is 5. The smallest absolute Gasteiger partial charge is 0.0822 e. The molecular formula is C54H42N4. The highest BCUT2D eigenvalue weighted by Gasteiger charge is 2.26. The molecule has 2 N–H and O–H groups in total. The van der Waals surface area contributed by atoms with E-state index in [9.17, 15) is 0 Å². The lowest BCUT2D eigenvalue weighted by molar-refractivity contribution is 0.799. The van der Waals surface area contributed by atoms with E-state index in [2.05, 4.69) is 195 Å². The number of H-pyrrole nitrogens is 2. The number of benzene rings is 6. The van der Waals surface area contributed by atoms with E-state index in [1.165, 1.54) is 38.1 Å². The average Bonchev–Trinajstić information content (AvgIpc) is 4.09. The first-order valence-corrected chi connectivity index (χ1v) is 20.4. The first-order chi connectivity index (χ1) is 28.4. The van der Waals surface area contributed by atoms with Crippen LogP contribution in [0.5, 0.6) is 0 Å². The molecule has 278 valence electrons. The van der Waals surface area contributed by atoms with Gasteiger partial charge in [0.15, 0.2) is 0 Å². The summed E-state index contributed by atoms with van der Waals surface area (Å²) in [7, 11) is 0. The van der Waals surface area contributed by atoms with E-state index in [0.717, 1.165) is 83.3 Å². The van der Waals surface area contributed by atoms with Crippen molar-refractivity contribution in [3.8, 4) is 33.4 Å². The fourth-order valence-electron chi connectivity index (χ4n) is 9.58. The minimum absolute atomic E-state index is 0.316. The Bertz CT molecular complexity index is 3370. The van der Waals surface area contributed by atoms with Crippen LogP contribution in [0.4, 0.5) is 0 Å². The lowest BCUT2D eigenvalue weighted by atomic mass is 9.82. The van der Waals surface area contributed by atoms with Crippen LogP contribution >= 0.6 is 0 Å². The van der Waals surface area contributed by atoms with Crippen LogP contribution in [-0.2, 0) is 0 Å². The molecule has 6 aromatic carbocycles. The minimum Gasteiger partial charge on any atom is -0.354 e. The van der Waals surface area contributed by atoms with Crippen molar-refractivity contribution in [3.63, 3.8) is 0 Å². The van der Waals surface area contributed by atoms with Crippen LogP contribution < -0.4 is 0 Å². The monoisotopic (exact) mass is 746 g/mol. The molecule has 0 unspecified atom stereocenters. The van der Waals surface area contributed by atoms with Gasteiger partial charge >= 0.3 is 0 Å². The average molecular weight is 747 g/mol. The maximum atomic E-state index is 5.86. The van der Waals surface area contributed by atoms with E-state index in [4.69, 9.17) is 9.97 Å². The van der Waals surface area contributed by atoms with Crippen LogP contribution in [0.3, 0.4) is 0 Å². The molecule has 0 atom stereocenters. The first kappa shape index (κ1) is 34.2. The van der Waals surface area contributed by atoms with Crippen molar-refractivity contribution in [2.75, 3.05) is 0 Å². The van der Waals surface area contributed by atoms with Crippen LogP contribution in [0, 0.1) is 0 Å². The molecule has 5 heterocycles. The summed E-state index contributed by atoms with van der Waals surface area (Å²) in [6.45, 7) is 9.34. The Morgan fingerprint density at radius 3 is 1.40 bits per heavy atom. The largest absolute Gasteiger partial charge is 0.354 e. The third kappa shape index (κ3) is 5.21. The summed E-state index contributed by atoms with van der Waals surface area (Å²) in [5, 5.41) is 7.30. The molecule has 0 radical (unpaired) electrons. The van der Waals surface area contributed by atoms with Crippen LogP contribution in [0.2, 0.25) is 0 Å². The Labute approximate surface area is 337 Å². The molecule has 0 aliphatic carbocycles. The second-order valence-corrected chi connectivity index (χ2v) is 16.2. The van der Waals surface area contributed by atoms with E-state index in [-0.39, 0.29) is 0 Å². The third-order valence-corrected chi connectivity index (χ3v) is 12.0. The molecule has 8 bridgehead atoms. The fourth-order valence-corrected chi connectivity index (χ4v) is 9.58. The number of nitrogens with one attached hydrogen (secondary N) is 2. The van der Waals surface area contributed by atoms with Gasteiger partial charge in [-0.1, -0.05) is 143 Å². The highest BCUT2D eigenvalue weighted by atomic mass is 14.8. The summed E-state index contributed by atoms with van der Waals surface area (Å²) in [6.07, 6.45) is 4.33. The SMILES string of the molecule is CC(C)c1cc2c3nc4c(c5ccc([nH]5)c(-c5ccccc5)c5nc(c(-c6ccccc6)c6ccc([nH]6)c3-c3ccccc3)C=C5)c3ccccc3c(c1C(C)C)c24. The van der Waals surface area contributed by atoms with Gasteiger partial charge in [0.25, 0.3) is 0 Å². The lowest BCUT2D eigenvalue weighted by Gasteiger charge is -2.21. The van der Waals surface area contributed by atoms with Gasteiger partial charge in [0.2, 0.25) is 0 Å². The quantitative estimate of drug-likeness (QED) is 0.172. The van der Waals surface area contributed by atoms with Gasteiger partial charge in [-0.2, -0.15) is 0 Å². The standard InChI is InChI=1S/C54H42N4/c1-31(2)38-30-39-52-51(46(38)32(3)4)37-23-15-14-22-36(37)50-45-29-27-43(57-45)48(34-18-10-6-11-19-34)41-25-24-40(55-41)47(33-16-8-5-9-17-33)42-26-28-44(56-42)49(53(39)58-54(50)52)35-20-12-7-13-21-35/h5-32,56-57H,1-4H3. The summed E-state index contributed by atoms with van der Waals surface area (Å²) in [6, 6.07) is 52.3. The first-order valence-electron chi connectivity index (χ1n) is 20.4. The van der Waals surface area contributed by atoms with Gasteiger partial charge in [0.1, 0.15) is 0 Å².